The third-order valence-corrected chi connectivity index (χ3v) is 2.73. The summed E-state index contributed by atoms with van der Waals surface area (Å²) in [5.41, 5.74) is -0.901. The molecule has 98 valence electrons. The molecule has 1 rings (SSSR count). The Labute approximate surface area is 107 Å². The molecule has 0 aromatic carbocycles. The highest BCUT2D eigenvalue weighted by molar-refractivity contribution is 5.84. The van der Waals surface area contributed by atoms with Gasteiger partial charge in [-0.2, -0.15) is 5.26 Å². The number of rotatable bonds is 6. The minimum Gasteiger partial charge on any atom is -0.467 e. The Morgan fingerprint density at radius 3 is 2.83 bits per heavy atom. The summed E-state index contributed by atoms with van der Waals surface area (Å²) in [6, 6.07) is 5.60. The number of carbonyl (C=O) groups is 1. The number of furan rings is 1. The van der Waals surface area contributed by atoms with Crippen LogP contribution in [-0.2, 0) is 16.1 Å². The van der Waals surface area contributed by atoms with Crippen LogP contribution in [-0.4, -0.2) is 30.1 Å². The van der Waals surface area contributed by atoms with Gasteiger partial charge in [-0.05, 0) is 26.0 Å². The van der Waals surface area contributed by atoms with E-state index in [-0.39, 0.29) is 12.3 Å². The van der Waals surface area contributed by atoms with Gasteiger partial charge in [0.2, 0.25) is 0 Å². The van der Waals surface area contributed by atoms with E-state index < -0.39 is 5.60 Å². The lowest BCUT2D eigenvalue weighted by Crippen LogP contribution is -2.46. The summed E-state index contributed by atoms with van der Waals surface area (Å²) in [7, 11) is 1.49. The maximum Gasteiger partial charge on any atom is 0.254 e. The zero-order valence-electron chi connectivity index (χ0n) is 11.0. The third-order valence-electron chi connectivity index (χ3n) is 2.73. The third kappa shape index (κ3) is 3.60. The van der Waals surface area contributed by atoms with Gasteiger partial charge in [0.15, 0.2) is 0 Å². The molecule has 0 aliphatic heterocycles. The van der Waals surface area contributed by atoms with Gasteiger partial charge in [-0.15, -0.1) is 0 Å². The second-order valence-electron chi connectivity index (χ2n) is 4.43. The van der Waals surface area contributed by atoms with E-state index in [4.69, 9.17) is 14.4 Å². The van der Waals surface area contributed by atoms with Crippen LogP contribution in [0.15, 0.2) is 22.8 Å². The van der Waals surface area contributed by atoms with Gasteiger partial charge in [-0.3, -0.25) is 4.79 Å². The van der Waals surface area contributed by atoms with Crippen molar-refractivity contribution in [2.75, 3.05) is 13.7 Å². The topological polar surface area (TPSA) is 66.5 Å². The molecule has 1 amide bonds. The molecule has 18 heavy (non-hydrogen) atoms. The molecule has 0 fully saturated rings. The highest BCUT2D eigenvalue weighted by Gasteiger charge is 2.32. The lowest BCUT2D eigenvalue weighted by Gasteiger charge is -2.30. The van der Waals surface area contributed by atoms with Crippen LogP contribution in [0.4, 0.5) is 0 Å². The molecule has 1 heterocycles. The fraction of sp³-hybridized carbons (Fsp3) is 0.538. The molecule has 0 aliphatic carbocycles. The van der Waals surface area contributed by atoms with E-state index in [1.54, 1.807) is 37.1 Å². The minimum absolute atomic E-state index is 0.156. The second kappa shape index (κ2) is 6.22. The van der Waals surface area contributed by atoms with Crippen molar-refractivity contribution >= 4 is 5.91 Å². The Bertz CT molecular complexity index is 418. The van der Waals surface area contributed by atoms with Crippen LogP contribution in [0.2, 0.25) is 0 Å². The summed E-state index contributed by atoms with van der Waals surface area (Å²) in [5, 5.41) is 8.64. The Hall–Kier alpha value is -1.80. The predicted octanol–water partition coefficient (Wildman–Crippen LogP) is 1.95. The summed E-state index contributed by atoms with van der Waals surface area (Å²) in [4.78, 5) is 13.9. The predicted molar refractivity (Wildman–Crippen MR) is 65.4 cm³/mol. The summed E-state index contributed by atoms with van der Waals surface area (Å²) in [6.45, 7) is 4.12. The van der Waals surface area contributed by atoms with Crippen molar-refractivity contribution in [1.82, 2.24) is 4.90 Å². The van der Waals surface area contributed by atoms with E-state index in [0.717, 1.165) is 0 Å². The van der Waals surface area contributed by atoms with Crippen LogP contribution in [0.3, 0.4) is 0 Å². The number of methoxy groups -OCH3 is 1. The largest absolute Gasteiger partial charge is 0.467 e. The molecule has 0 spiro atoms. The van der Waals surface area contributed by atoms with Gasteiger partial charge in [0.25, 0.3) is 5.91 Å². The van der Waals surface area contributed by atoms with E-state index in [1.807, 2.05) is 6.07 Å². The standard InChI is InChI=1S/C13H18N2O3/c1-13(2,17-3)12(16)15(8-5-7-14)10-11-6-4-9-18-11/h4,6,9H,5,8,10H2,1-3H3. The van der Waals surface area contributed by atoms with Gasteiger partial charge in [0.1, 0.15) is 11.4 Å². The van der Waals surface area contributed by atoms with E-state index >= 15 is 0 Å². The average Bonchev–Trinajstić information content (AvgIpc) is 2.86. The van der Waals surface area contributed by atoms with E-state index in [0.29, 0.717) is 18.8 Å². The molecule has 0 bridgehead atoms. The van der Waals surface area contributed by atoms with Crippen LogP contribution in [0, 0.1) is 11.3 Å². The lowest BCUT2D eigenvalue weighted by atomic mass is 10.1. The quantitative estimate of drug-likeness (QED) is 0.774. The molecule has 5 heteroatoms. The fourth-order valence-corrected chi connectivity index (χ4v) is 1.50. The summed E-state index contributed by atoms with van der Waals surface area (Å²) in [6.07, 6.45) is 1.84. The zero-order valence-corrected chi connectivity index (χ0v) is 11.0. The molecular formula is C13H18N2O3. The first-order valence-corrected chi connectivity index (χ1v) is 5.75. The van der Waals surface area contributed by atoms with Gasteiger partial charge in [-0.1, -0.05) is 0 Å². The van der Waals surface area contributed by atoms with Crippen molar-refractivity contribution in [3.05, 3.63) is 24.2 Å². The van der Waals surface area contributed by atoms with Crippen LogP contribution in [0.5, 0.6) is 0 Å². The molecule has 0 unspecified atom stereocenters. The van der Waals surface area contributed by atoms with E-state index in [9.17, 15) is 4.79 Å². The Morgan fingerprint density at radius 1 is 1.61 bits per heavy atom. The molecule has 0 N–H and O–H groups in total. The monoisotopic (exact) mass is 250 g/mol. The van der Waals surface area contributed by atoms with Crippen molar-refractivity contribution in [2.24, 2.45) is 0 Å². The number of carbonyl (C=O) groups excluding carboxylic acids is 1. The number of ether oxygens (including phenoxy) is 1. The smallest absolute Gasteiger partial charge is 0.254 e. The molecule has 0 atom stereocenters. The SMILES string of the molecule is COC(C)(C)C(=O)N(CCC#N)Cc1ccco1. The molecule has 1 aromatic heterocycles. The average molecular weight is 250 g/mol. The van der Waals surface area contributed by atoms with Crippen molar-refractivity contribution in [1.29, 1.82) is 5.26 Å². The first kappa shape index (κ1) is 14.3. The molecule has 0 radical (unpaired) electrons. The molecule has 5 nitrogen and oxygen atoms in total. The number of hydrogen-bond donors (Lipinski definition) is 0. The molecule has 1 aromatic rings. The minimum atomic E-state index is -0.901. The first-order valence-electron chi connectivity index (χ1n) is 5.75. The molecular weight excluding hydrogens is 232 g/mol. The van der Waals surface area contributed by atoms with Gasteiger partial charge < -0.3 is 14.1 Å². The highest BCUT2D eigenvalue weighted by Crippen LogP contribution is 2.15. The van der Waals surface area contributed by atoms with Gasteiger partial charge >= 0.3 is 0 Å². The van der Waals surface area contributed by atoms with E-state index in [2.05, 4.69) is 0 Å². The van der Waals surface area contributed by atoms with Crippen LogP contribution in [0.25, 0.3) is 0 Å². The summed E-state index contributed by atoms with van der Waals surface area (Å²) < 4.78 is 10.4. The molecule has 0 saturated carbocycles. The Kier molecular flexibility index (Phi) is 4.93. The van der Waals surface area contributed by atoms with Gasteiger partial charge in [0, 0.05) is 13.7 Å². The van der Waals surface area contributed by atoms with Crippen LogP contribution in [0.1, 0.15) is 26.0 Å². The number of hydrogen-bond acceptors (Lipinski definition) is 4. The highest BCUT2D eigenvalue weighted by atomic mass is 16.5. The maximum atomic E-state index is 12.3. The maximum absolute atomic E-state index is 12.3. The zero-order chi connectivity index (χ0) is 13.6. The number of nitrogens with zero attached hydrogens (tertiary/aromatic N) is 2. The number of nitriles is 1. The van der Waals surface area contributed by atoms with Crippen molar-refractivity contribution in [3.63, 3.8) is 0 Å². The van der Waals surface area contributed by atoms with Crippen molar-refractivity contribution in [2.45, 2.75) is 32.4 Å². The number of amides is 1. The molecule has 0 saturated heterocycles. The van der Waals surface area contributed by atoms with Crippen molar-refractivity contribution < 1.29 is 13.9 Å². The van der Waals surface area contributed by atoms with Crippen LogP contribution >= 0.6 is 0 Å². The summed E-state index contributed by atoms with van der Waals surface area (Å²) >= 11 is 0. The molecule has 0 aliphatic rings. The van der Waals surface area contributed by atoms with Crippen LogP contribution < -0.4 is 0 Å². The normalized spacial score (nSPS) is 11.0. The Balaban J connectivity index is 2.78. The van der Waals surface area contributed by atoms with Gasteiger partial charge in [0.05, 0.1) is 25.3 Å². The van der Waals surface area contributed by atoms with Gasteiger partial charge in [-0.25, -0.2) is 0 Å². The van der Waals surface area contributed by atoms with E-state index in [1.165, 1.54) is 7.11 Å². The summed E-state index contributed by atoms with van der Waals surface area (Å²) in [5.74, 6) is 0.532. The lowest BCUT2D eigenvalue weighted by molar-refractivity contribution is -0.151. The first-order chi connectivity index (χ1) is 8.51. The van der Waals surface area contributed by atoms with Crippen molar-refractivity contribution in [3.8, 4) is 6.07 Å². The Morgan fingerprint density at radius 2 is 2.33 bits per heavy atom. The second-order valence-corrected chi connectivity index (χ2v) is 4.43. The fourth-order valence-electron chi connectivity index (χ4n) is 1.50.